The average molecular weight is 1040 g/mol. The molecule has 4 saturated heterocycles. The molecule has 5 aliphatic heterocycles. The lowest BCUT2D eigenvalue weighted by molar-refractivity contribution is -0.136. The molecule has 0 aliphatic carbocycles. The highest BCUT2D eigenvalue weighted by atomic mass is 35.5. The minimum Gasteiger partial charge on any atom is -0.494 e. The summed E-state index contributed by atoms with van der Waals surface area (Å²) in [5.74, 6) is 1.12. The van der Waals surface area contributed by atoms with Crippen LogP contribution < -0.4 is 35.8 Å². The maximum absolute atomic E-state index is 13.6. The van der Waals surface area contributed by atoms with Gasteiger partial charge in [-0.05, 0) is 93.3 Å². The molecule has 3 aromatic carbocycles. The number of rotatable bonds is 13. The Labute approximate surface area is 435 Å². The van der Waals surface area contributed by atoms with Crippen molar-refractivity contribution in [3.8, 4) is 16.9 Å². The highest BCUT2D eigenvalue weighted by molar-refractivity contribution is 7.71. The van der Waals surface area contributed by atoms with Gasteiger partial charge in [0.2, 0.25) is 17.8 Å². The van der Waals surface area contributed by atoms with Crippen LogP contribution in [0.5, 0.6) is 5.75 Å². The summed E-state index contributed by atoms with van der Waals surface area (Å²) in [6, 6.07) is 13.8. The highest BCUT2D eigenvalue weighted by Gasteiger charge is 2.40. The number of halogens is 1. The first-order valence-electron chi connectivity index (χ1n) is 25.6. The molecule has 0 bridgehead atoms. The average Bonchev–Trinajstić information content (AvgIpc) is 3.99. The zero-order chi connectivity index (χ0) is 51.3. The summed E-state index contributed by atoms with van der Waals surface area (Å²) in [7, 11) is 0.753. The number of piperazine rings is 1. The molecular weight excluding hydrogens is 979 g/mol. The molecular formula is C53H62ClN14O5P. The molecule has 0 saturated carbocycles. The maximum Gasteiger partial charge on any atom is 0.255 e. The number of imide groups is 1. The summed E-state index contributed by atoms with van der Waals surface area (Å²) >= 11 is 6.69. The van der Waals surface area contributed by atoms with Gasteiger partial charge >= 0.3 is 0 Å². The first-order valence-corrected chi connectivity index (χ1v) is 28.5. The number of hydrogen-bond donors (Lipinski definition) is 3. The summed E-state index contributed by atoms with van der Waals surface area (Å²) in [6.45, 7) is 13.0. The summed E-state index contributed by atoms with van der Waals surface area (Å²) < 4.78 is 21.5. The van der Waals surface area contributed by atoms with E-state index >= 15 is 0 Å². The topological polar surface area (TPSA) is 199 Å². The number of anilines is 6. The molecule has 8 heterocycles. The summed E-state index contributed by atoms with van der Waals surface area (Å²) in [5, 5.41) is 14.5. The van der Waals surface area contributed by atoms with Crippen LogP contribution in [-0.4, -0.2) is 154 Å². The number of amides is 3. The number of aryl methyl sites for hydroxylation is 1. The van der Waals surface area contributed by atoms with Gasteiger partial charge in [0.05, 0.1) is 41.7 Å². The SMILES string of the molecule is COc1cc(N2CCC(N3CCN(CC4CCN(c5ccc6c(c5)CN([C@@H]5CCC(=O)NC5=O)C6=O)CC4)CC3)CC2)c(-c2cnn(C)c2)cc1Nc1ncc(Cl)c(Nc2ccc3nccnc3c2P(C)(C)=O)n1. The van der Waals surface area contributed by atoms with E-state index < -0.39 is 13.2 Å². The molecule has 0 radical (unpaired) electrons. The molecule has 3 aromatic heterocycles. The molecule has 0 unspecified atom stereocenters. The quantitative estimate of drug-likeness (QED) is 0.0838. The van der Waals surface area contributed by atoms with Gasteiger partial charge in [-0.1, -0.05) is 11.6 Å². The van der Waals surface area contributed by atoms with E-state index in [0.29, 0.717) is 80.7 Å². The van der Waals surface area contributed by atoms with Crippen LogP contribution in [0.2, 0.25) is 5.02 Å². The van der Waals surface area contributed by atoms with Crippen molar-refractivity contribution in [1.82, 2.24) is 49.7 Å². The van der Waals surface area contributed by atoms with Crippen LogP contribution in [0, 0.1) is 5.92 Å². The van der Waals surface area contributed by atoms with Crippen LogP contribution >= 0.6 is 18.7 Å². The van der Waals surface area contributed by atoms with Gasteiger partial charge in [-0.15, -0.1) is 0 Å². The van der Waals surface area contributed by atoms with Gasteiger partial charge in [-0.25, -0.2) is 4.98 Å². The fourth-order valence-corrected chi connectivity index (χ4v) is 13.1. The number of hydrogen-bond acceptors (Lipinski definition) is 16. The fourth-order valence-electron chi connectivity index (χ4n) is 11.6. The van der Waals surface area contributed by atoms with E-state index in [0.717, 1.165) is 113 Å². The van der Waals surface area contributed by atoms with Gasteiger partial charge in [-0.2, -0.15) is 10.1 Å². The van der Waals surface area contributed by atoms with Crippen LogP contribution in [0.4, 0.5) is 34.5 Å². The van der Waals surface area contributed by atoms with Gasteiger partial charge in [-0.3, -0.25) is 39.3 Å². The summed E-state index contributed by atoms with van der Waals surface area (Å²) in [6.07, 6.45) is 13.6. The van der Waals surface area contributed by atoms with Crippen molar-refractivity contribution in [3.05, 3.63) is 89.6 Å². The van der Waals surface area contributed by atoms with Gasteiger partial charge in [0.15, 0.2) is 5.82 Å². The molecule has 74 heavy (non-hydrogen) atoms. The number of piperidine rings is 3. The van der Waals surface area contributed by atoms with Crippen molar-refractivity contribution in [3.63, 3.8) is 0 Å². The standard InChI is InChI=1S/C53H62ClN14O5P/c1-63-31-35(28-58-63)39-26-43(60-53-57-29-40(54)50(62-53)59-42-8-7-41-48(56-16-15-55-41)49(42)74(3,4)72)46(73-2)27-45(39)67-19-13-36(14-20-67)66-23-21-64(22-24-66)30-33-11-17-65(18-12-33)37-5-6-38-34(25-37)32-68(52(38)71)44-9-10-47(69)61-51(44)70/h5-8,15-16,25-29,31,33,36,44H,9-14,17-24,30,32H2,1-4H3,(H,61,69,70)(H2,57,59,60,62)/t44-/m1/s1. The monoisotopic (exact) mass is 1040 g/mol. The van der Waals surface area contributed by atoms with Gasteiger partial charge < -0.3 is 39.5 Å². The van der Waals surface area contributed by atoms with Crippen LogP contribution in [-0.2, 0) is 27.7 Å². The van der Waals surface area contributed by atoms with Crippen LogP contribution in [0.3, 0.4) is 0 Å². The van der Waals surface area contributed by atoms with Crippen LogP contribution in [0.25, 0.3) is 22.2 Å². The molecule has 21 heteroatoms. The number of carbonyl (C=O) groups is 3. The molecule has 4 fully saturated rings. The zero-order valence-electron chi connectivity index (χ0n) is 42.3. The Morgan fingerprint density at radius 1 is 0.824 bits per heavy atom. The van der Waals surface area contributed by atoms with Crippen LogP contribution in [0.15, 0.2) is 73.4 Å². The molecule has 386 valence electrons. The van der Waals surface area contributed by atoms with E-state index in [4.69, 9.17) is 21.3 Å². The highest BCUT2D eigenvalue weighted by Crippen LogP contribution is 2.44. The fraction of sp³-hybridized carbons (Fsp3) is 0.434. The molecule has 19 nitrogen and oxygen atoms in total. The second-order valence-corrected chi connectivity index (χ2v) is 24.1. The van der Waals surface area contributed by atoms with Crippen molar-refractivity contribution in [2.45, 2.75) is 57.2 Å². The number of benzene rings is 3. The number of fused-ring (bicyclic) bond motifs is 2. The second kappa shape index (κ2) is 20.6. The molecule has 1 atom stereocenters. The Morgan fingerprint density at radius 3 is 2.32 bits per heavy atom. The predicted molar refractivity (Wildman–Crippen MR) is 288 cm³/mol. The normalized spacial score (nSPS) is 19.6. The zero-order valence-corrected chi connectivity index (χ0v) is 43.9. The summed E-state index contributed by atoms with van der Waals surface area (Å²) in [5.41, 5.74) is 8.27. The minimum absolute atomic E-state index is 0.131. The molecule has 6 aromatic rings. The second-order valence-electron chi connectivity index (χ2n) is 20.6. The molecule has 3 amide bonds. The lowest BCUT2D eigenvalue weighted by atomic mass is 9.95. The lowest BCUT2D eigenvalue weighted by Gasteiger charge is -2.44. The molecule has 0 spiro atoms. The first-order chi connectivity index (χ1) is 35.8. The number of nitrogens with one attached hydrogen (secondary N) is 3. The Kier molecular flexibility index (Phi) is 13.8. The number of methoxy groups -OCH3 is 1. The van der Waals surface area contributed by atoms with E-state index in [9.17, 15) is 18.9 Å². The van der Waals surface area contributed by atoms with Crippen molar-refractivity contribution in [1.29, 1.82) is 0 Å². The Hall–Kier alpha value is -6.66. The van der Waals surface area contributed by atoms with Crippen molar-refractivity contribution in [2.24, 2.45) is 13.0 Å². The summed E-state index contributed by atoms with van der Waals surface area (Å²) in [4.78, 5) is 67.7. The molecule has 3 N–H and O–H groups in total. The van der Waals surface area contributed by atoms with Crippen LogP contribution in [0.1, 0.15) is 54.4 Å². The lowest BCUT2D eigenvalue weighted by Crippen LogP contribution is -2.54. The molecule has 11 rings (SSSR count). The number of aromatic nitrogens is 6. The third kappa shape index (κ3) is 10.1. The third-order valence-corrected chi connectivity index (χ3v) is 17.3. The van der Waals surface area contributed by atoms with Crippen molar-refractivity contribution >= 4 is 87.3 Å². The van der Waals surface area contributed by atoms with Gasteiger partial charge in [0.1, 0.15) is 29.5 Å². The van der Waals surface area contributed by atoms with E-state index in [1.807, 2.05) is 48.4 Å². The smallest absolute Gasteiger partial charge is 0.255 e. The number of carbonyl (C=O) groups excluding carboxylic acids is 3. The van der Waals surface area contributed by atoms with E-state index in [1.54, 1.807) is 37.7 Å². The third-order valence-electron chi connectivity index (χ3n) is 15.5. The maximum atomic E-state index is 13.6. The van der Waals surface area contributed by atoms with Gasteiger partial charge in [0.25, 0.3) is 5.91 Å². The Balaban J connectivity index is 0.698. The minimum atomic E-state index is -2.83. The Bertz CT molecular complexity index is 3180. The largest absolute Gasteiger partial charge is 0.494 e. The van der Waals surface area contributed by atoms with E-state index in [1.165, 1.54) is 6.20 Å². The van der Waals surface area contributed by atoms with Crippen molar-refractivity contribution < 1.29 is 23.7 Å². The molecule has 5 aliphatic rings. The van der Waals surface area contributed by atoms with Crippen molar-refractivity contribution in [2.75, 3.05) is 99.8 Å². The van der Waals surface area contributed by atoms with E-state index in [-0.39, 0.29) is 24.1 Å². The predicted octanol–water partition coefficient (Wildman–Crippen LogP) is 6.48. The van der Waals surface area contributed by atoms with E-state index in [2.05, 4.69) is 73.8 Å². The number of nitrogens with zero attached hydrogens (tertiary/aromatic N) is 11. The van der Waals surface area contributed by atoms with Gasteiger partial charge in [0, 0.05) is 138 Å². The number of ether oxygens (including phenoxy) is 1. The Morgan fingerprint density at radius 2 is 1.59 bits per heavy atom. The first kappa shape index (κ1) is 49.5.